The molecule has 0 aromatic rings. The van der Waals surface area contributed by atoms with Crippen LogP contribution in [-0.2, 0) is 39.5 Å². The second kappa shape index (κ2) is 37.6. The Labute approximate surface area is 124 Å². The molecule has 1 N–H and O–H groups in total. The molecule has 0 aliphatic rings. The topological polar surface area (TPSA) is 70.1 Å². The molecule has 0 bridgehead atoms. The summed E-state index contributed by atoms with van der Waals surface area (Å²) in [5.41, 5.74) is 0.0648. The van der Waals surface area contributed by atoms with E-state index in [1.54, 1.807) is 0 Å². The molecular formula is C4H6Cl4Cr2O3. The van der Waals surface area contributed by atoms with Gasteiger partial charge in [0, 0.05) is 0 Å². The number of carbonyl (C=O) groups is 1. The SMILES string of the molecule is C=C(C)C(=O)[O-].[Cl-].[Cl-].[Cl-].[Cl-].[Cr+3].[Cr+3].[OH-]. The predicted molar refractivity (Wildman–Crippen MR) is 21.8 cm³/mol. The fourth-order valence-corrected chi connectivity index (χ4v) is 0. The molecule has 0 saturated heterocycles. The zero-order valence-corrected chi connectivity index (χ0v) is 11.9. The van der Waals surface area contributed by atoms with Crippen LogP contribution in [0.2, 0.25) is 0 Å². The van der Waals surface area contributed by atoms with Gasteiger partial charge in [-0.05, 0) is 12.5 Å². The normalized spacial score (nSPS) is 3.46. The Hall–Kier alpha value is 1.39. The summed E-state index contributed by atoms with van der Waals surface area (Å²) in [6.45, 7) is 4.48. The average Bonchev–Trinajstić information content (AvgIpc) is 1.36. The molecular weight excluding hydrogens is 342 g/mol. The maximum absolute atomic E-state index is 9.49. The van der Waals surface area contributed by atoms with Crippen LogP contribution >= 0.6 is 0 Å². The van der Waals surface area contributed by atoms with Crippen molar-refractivity contribution in [3.05, 3.63) is 12.2 Å². The zero-order valence-electron chi connectivity index (χ0n) is 6.30. The van der Waals surface area contributed by atoms with Crippen molar-refractivity contribution in [2.45, 2.75) is 6.92 Å². The van der Waals surface area contributed by atoms with E-state index in [0.29, 0.717) is 0 Å². The third-order valence-corrected chi connectivity index (χ3v) is 0.348. The molecule has 0 aromatic carbocycles. The Morgan fingerprint density at radius 1 is 1.08 bits per heavy atom. The maximum atomic E-state index is 9.49. The Kier molecular flexibility index (Phi) is 183. The molecule has 0 amide bonds. The van der Waals surface area contributed by atoms with Crippen LogP contribution in [0.5, 0.6) is 0 Å². The van der Waals surface area contributed by atoms with Crippen LogP contribution in [0.25, 0.3) is 0 Å². The summed E-state index contributed by atoms with van der Waals surface area (Å²) in [5, 5.41) is 9.49. The van der Waals surface area contributed by atoms with Crippen molar-refractivity contribution in [3.63, 3.8) is 0 Å². The van der Waals surface area contributed by atoms with E-state index in [4.69, 9.17) is 0 Å². The van der Waals surface area contributed by atoms with Gasteiger partial charge in [-0.1, -0.05) is 6.58 Å². The van der Waals surface area contributed by atoms with Gasteiger partial charge in [-0.3, -0.25) is 0 Å². The Morgan fingerprint density at radius 2 is 1.15 bits per heavy atom. The molecule has 0 heterocycles. The van der Waals surface area contributed by atoms with Crippen molar-refractivity contribution in [2.75, 3.05) is 0 Å². The van der Waals surface area contributed by atoms with E-state index in [1.807, 2.05) is 0 Å². The summed E-state index contributed by atoms with van der Waals surface area (Å²) < 4.78 is 0. The van der Waals surface area contributed by atoms with Crippen LogP contribution in [0.4, 0.5) is 0 Å². The maximum Gasteiger partial charge on any atom is 3.00 e. The second-order valence-corrected chi connectivity index (χ2v) is 1.07. The van der Waals surface area contributed by atoms with Gasteiger partial charge in [-0.15, -0.1) is 0 Å². The Bertz CT molecular complexity index is 91.4. The third kappa shape index (κ3) is 59.8. The fraction of sp³-hybridized carbons (Fsp3) is 0.250. The molecule has 0 spiro atoms. The average molecular weight is 348 g/mol. The monoisotopic (exact) mass is 346 g/mol. The van der Waals surface area contributed by atoms with Crippen molar-refractivity contribution in [2.24, 2.45) is 0 Å². The summed E-state index contributed by atoms with van der Waals surface area (Å²) in [6.07, 6.45) is 0. The van der Waals surface area contributed by atoms with Crippen LogP contribution in [0, 0.1) is 0 Å². The van der Waals surface area contributed by atoms with E-state index in [9.17, 15) is 9.90 Å². The van der Waals surface area contributed by atoms with Gasteiger partial charge < -0.3 is 65.0 Å². The van der Waals surface area contributed by atoms with Gasteiger partial charge in [0.2, 0.25) is 0 Å². The van der Waals surface area contributed by atoms with E-state index in [1.165, 1.54) is 6.92 Å². The number of carbonyl (C=O) groups excluding carboxylic acids is 1. The Balaban J connectivity index is -0.00000000595. The number of carboxylic acids is 1. The fourth-order valence-electron chi connectivity index (χ4n) is 0. The molecule has 2 radical (unpaired) electrons. The van der Waals surface area contributed by atoms with Gasteiger partial charge in [0.15, 0.2) is 0 Å². The molecule has 13 heavy (non-hydrogen) atoms. The summed E-state index contributed by atoms with van der Waals surface area (Å²) in [6, 6.07) is 0. The van der Waals surface area contributed by atoms with Gasteiger partial charge in [0.05, 0.1) is 5.97 Å². The second-order valence-electron chi connectivity index (χ2n) is 1.07. The largest absolute Gasteiger partial charge is 3.00 e. The van der Waals surface area contributed by atoms with Gasteiger partial charge in [-0.2, -0.15) is 0 Å². The third-order valence-electron chi connectivity index (χ3n) is 0.348. The Morgan fingerprint density at radius 3 is 1.15 bits per heavy atom. The first-order valence-electron chi connectivity index (χ1n) is 1.51. The van der Waals surface area contributed by atoms with Crippen molar-refractivity contribution < 1.29 is 99.7 Å². The van der Waals surface area contributed by atoms with Gasteiger partial charge in [0.1, 0.15) is 0 Å². The van der Waals surface area contributed by atoms with E-state index < -0.39 is 5.97 Å². The van der Waals surface area contributed by atoms with Crippen molar-refractivity contribution in [1.29, 1.82) is 0 Å². The molecule has 0 atom stereocenters. The summed E-state index contributed by atoms with van der Waals surface area (Å²) >= 11 is 0. The van der Waals surface area contributed by atoms with Gasteiger partial charge in [-0.25, -0.2) is 0 Å². The zero-order chi connectivity index (χ0) is 5.15. The predicted octanol–water partition coefficient (Wildman–Crippen LogP) is -12.9. The number of hydrogen-bond donors (Lipinski definition) is 0. The number of aliphatic carboxylic acids is 1. The first-order valence-corrected chi connectivity index (χ1v) is 1.51. The van der Waals surface area contributed by atoms with Crippen molar-refractivity contribution >= 4 is 5.97 Å². The van der Waals surface area contributed by atoms with E-state index in [0.717, 1.165) is 0 Å². The number of carboxylic acid groups (broad SMARTS) is 1. The summed E-state index contributed by atoms with van der Waals surface area (Å²) in [5.74, 6) is -1.19. The van der Waals surface area contributed by atoms with Crippen LogP contribution in [-0.4, -0.2) is 11.4 Å². The molecule has 0 saturated carbocycles. The van der Waals surface area contributed by atoms with Crippen molar-refractivity contribution in [1.82, 2.24) is 0 Å². The van der Waals surface area contributed by atoms with E-state index in [2.05, 4.69) is 6.58 Å². The molecule has 0 aliphatic carbocycles. The molecule has 3 nitrogen and oxygen atoms in total. The number of rotatable bonds is 1. The first kappa shape index (κ1) is 63.2. The molecule has 80 valence electrons. The van der Waals surface area contributed by atoms with Crippen LogP contribution in [0.15, 0.2) is 12.2 Å². The van der Waals surface area contributed by atoms with Gasteiger partial charge in [0.25, 0.3) is 0 Å². The molecule has 0 fully saturated rings. The smallest absolute Gasteiger partial charge is 1.00 e. The van der Waals surface area contributed by atoms with Crippen molar-refractivity contribution in [3.8, 4) is 0 Å². The number of halogens is 4. The molecule has 0 unspecified atom stereocenters. The molecule has 9 heteroatoms. The van der Waals surface area contributed by atoms with Crippen LogP contribution < -0.4 is 54.7 Å². The quantitative estimate of drug-likeness (QED) is 0.442. The van der Waals surface area contributed by atoms with Crippen LogP contribution in [0.3, 0.4) is 0 Å². The molecule has 0 aliphatic heterocycles. The minimum absolute atomic E-state index is 0. The standard InChI is InChI=1S/C4H6O2.4ClH.2Cr.H2O/c1-3(2)4(5)6;;;;;;;/h1H2,2H3,(H,5,6);4*1H;;;1H2/q;;;;;2*+3;/p-6. The summed E-state index contributed by atoms with van der Waals surface area (Å²) in [4.78, 5) is 9.49. The van der Waals surface area contributed by atoms with Gasteiger partial charge >= 0.3 is 34.7 Å². The first-order chi connectivity index (χ1) is 2.64. The molecule has 0 aromatic heterocycles. The summed E-state index contributed by atoms with van der Waals surface area (Å²) in [7, 11) is 0. The van der Waals surface area contributed by atoms with E-state index >= 15 is 0 Å². The minimum Gasteiger partial charge on any atom is -1.00 e. The van der Waals surface area contributed by atoms with Crippen LogP contribution in [0.1, 0.15) is 6.92 Å². The molecule has 0 rings (SSSR count). The number of hydrogen-bond acceptors (Lipinski definition) is 3. The van der Waals surface area contributed by atoms with E-state index in [-0.39, 0.29) is 95.4 Å². The minimum atomic E-state index is -1.19.